The van der Waals surface area contributed by atoms with E-state index in [1.807, 2.05) is 0 Å². The molecule has 1 aromatic rings. The molecule has 3 unspecified atom stereocenters. The molecule has 2 rings (SSSR count). The third-order valence-electron chi connectivity index (χ3n) is 4.37. The van der Waals surface area contributed by atoms with Gasteiger partial charge in [-0.2, -0.15) is 0 Å². The van der Waals surface area contributed by atoms with Gasteiger partial charge in [-0.3, -0.25) is 4.98 Å². The lowest BCUT2D eigenvalue weighted by Crippen LogP contribution is -2.42. The molecule has 1 fully saturated rings. The molecule has 0 spiro atoms. The van der Waals surface area contributed by atoms with Crippen LogP contribution < -0.4 is 5.32 Å². The number of hydrogen-bond acceptors (Lipinski definition) is 2. The smallest absolute Gasteiger partial charge is 0.141 e. The summed E-state index contributed by atoms with van der Waals surface area (Å²) in [6.45, 7) is 6.71. The van der Waals surface area contributed by atoms with Crippen molar-refractivity contribution in [2.75, 3.05) is 0 Å². The maximum atomic E-state index is 13.2. The largest absolute Gasteiger partial charge is 0.307 e. The first-order valence-corrected chi connectivity index (χ1v) is 7.44. The van der Waals surface area contributed by atoms with E-state index in [0.29, 0.717) is 12.0 Å². The second kappa shape index (κ2) is 6.47. The van der Waals surface area contributed by atoms with Crippen LogP contribution in [0.4, 0.5) is 4.39 Å². The first-order chi connectivity index (χ1) is 9.08. The standard InChI is InChI=1S/C16H25FN2/c1-11(2)15-6-4-5-7-16(15)19-12(3)13-8-14(17)10-18-9-13/h8-12,15-16,19H,4-7H2,1-3H3. The van der Waals surface area contributed by atoms with Crippen molar-refractivity contribution < 1.29 is 4.39 Å². The van der Waals surface area contributed by atoms with E-state index in [4.69, 9.17) is 0 Å². The highest BCUT2D eigenvalue weighted by Gasteiger charge is 2.28. The minimum absolute atomic E-state index is 0.160. The fraction of sp³-hybridized carbons (Fsp3) is 0.688. The molecule has 1 heterocycles. The Hall–Kier alpha value is -0.960. The summed E-state index contributed by atoms with van der Waals surface area (Å²) in [6.07, 6.45) is 8.20. The summed E-state index contributed by atoms with van der Waals surface area (Å²) in [4.78, 5) is 3.94. The van der Waals surface area contributed by atoms with E-state index in [1.54, 1.807) is 12.3 Å². The summed E-state index contributed by atoms with van der Waals surface area (Å²) >= 11 is 0. The zero-order valence-corrected chi connectivity index (χ0v) is 12.2. The summed E-state index contributed by atoms with van der Waals surface area (Å²) in [7, 11) is 0. The second-order valence-electron chi connectivity index (χ2n) is 6.12. The van der Waals surface area contributed by atoms with Gasteiger partial charge in [0, 0.05) is 18.3 Å². The van der Waals surface area contributed by atoms with E-state index in [9.17, 15) is 4.39 Å². The SMILES string of the molecule is CC(NC1CCCCC1C(C)C)c1cncc(F)c1. The van der Waals surface area contributed by atoms with Gasteiger partial charge in [0.05, 0.1) is 6.20 Å². The van der Waals surface area contributed by atoms with Crippen LogP contribution in [0.3, 0.4) is 0 Å². The van der Waals surface area contributed by atoms with E-state index in [0.717, 1.165) is 11.5 Å². The highest BCUT2D eigenvalue weighted by atomic mass is 19.1. The van der Waals surface area contributed by atoms with Gasteiger partial charge in [-0.05, 0) is 43.2 Å². The van der Waals surface area contributed by atoms with Crippen LogP contribution >= 0.6 is 0 Å². The van der Waals surface area contributed by atoms with E-state index in [1.165, 1.54) is 31.9 Å². The lowest BCUT2D eigenvalue weighted by Gasteiger charge is -2.37. The molecule has 0 radical (unpaired) electrons. The molecular weight excluding hydrogens is 239 g/mol. The maximum Gasteiger partial charge on any atom is 0.141 e. The molecule has 3 heteroatoms. The van der Waals surface area contributed by atoms with Crippen LogP contribution in [0.2, 0.25) is 0 Å². The highest BCUT2D eigenvalue weighted by Crippen LogP contribution is 2.31. The average Bonchev–Trinajstić information content (AvgIpc) is 2.39. The number of hydrogen-bond donors (Lipinski definition) is 1. The average molecular weight is 264 g/mol. The second-order valence-corrected chi connectivity index (χ2v) is 6.12. The Morgan fingerprint density at radius 1 is 1.21 bits per heavy atom. The third-order valence-corrected chi connectivity index (χ3v) is 4.37. The van der Waals surface area contributed by atoms with Crippen molar-refractivity contribution in [3.05, 3.63) is 29.8 Å². The van der Waals surface area contributed by atoms with E-state index < -0.39 is 0 Å². The molecule has 2 nitrogen and oxygen atoms in total. The Balaban J connectivity index is 2.02. The summed E-state index contributed by atoms with van der Waals surface area (Å²) in [5.74, 6) is 1.18. The molecule has 1 aromatic heterocycles. The number of nitrogens with zero attached hydrogens (tertiary/aromatic N) is 1. The molecule has 1 N–H and O–H groups in total. The van der Waals surface area contributed by atoms with Crippen molar-refractivity contribution in [1.29, 1.82) is 0 Å². The Labute approximate surface area is 115 Å². The van der Waals surface area contributed by atoms with Gasteiger partial charge in [-0.25, -0.2) is 4.39 Å². The van der Waals surface area contributed by atoms with Crippen molar-refractivity contribution in [1.82, 2.24) is 10.3 Å². The summed E-state index contributed by atoms with van der Waals surface area (Å²) in [6, 6.07) is 2.29. The number of halogens is 1. The Morgan fingerprint density at radius 2 is 1.95 bits per heavy atom. The first-order valence-electron chi connectivity index (χ1n) is 7.44. The molecule has 0 aliphatic heterocycles. The molecule has 0 saturated heterocycles. The monoisotopic (exact) mass is 264 g/mol. The van der Waals surface area contributed by atoms with Crippen molar-refractivity contribution in [2.45, 2.75) is 58.5 Å². The van der Waals surface area contributed by atoms with Crippen LogP contribution in [0.5, 0.6) is 0 Å². The highest BCUT2D eigenvalue weighted by molar-refractivity contribution is 5.14. The molecule has 1 aliphatic carbocycles. The molecule has 106 valence electrons. The minimum atomic E-state index is -0.254. The van der Waals surface area contributed by atoms with E-state index in [-0.39, 0.29) is 11.9 Å². The topological polar surface area (TPSA) is 24.9 Å². The predicted molar refractivity (Wildman–Crippen MR) is 76.3 cm³/mol. The van der Waals surface area contributed by atoms with Gasteiger partial charge in [0.2, 0.25) is 0 Å². The van der Waals surface area contributed by atoms with Gasteiger partial charge in [0.25, 0.3) is 0 Å². The third kappa shape index (κ3) is 3.75. The van der Waals surface area contributed by atoms with E-state index >= 15 is 0 Å². The Bertz CT molecular complexity index is 405. The zero-order chi connectivity index (χ0) is 13.8. The van der Waals surface area contributed by atoms with Crippen molar-refractivity contribution in [3.8, 4) is 0 Å². The van der Waals surface area contributed by atoms with Crippen LogP contribution in [0.1, 0.15) is 58.1 Å². The first kappa shape index (κ1) is 14.4. The minimum Gasteiger partial charge on any atom is -0.307 e. The van der Waals surface area contributed by atoms with Crippen LogP contribution in [0, 0.1) is 17.7 Å². The molecule has 0 bridgehead atoms. The van der Waals surface area contributed by atoms with Gasteiger partial charge in [-0.1, -0.05) is 26.7 Å². The quantitative estimate of drug-likeness (QED) is 0.886. The van der Waals surface area contributed by atoms with Gasteiger partial charge in [-0.15, -0.1) is 0 Å². The van der Waals surface area contributed by atoms with Crippen LogP contribution in [0.25, 0.3) is 0 Å². The Morgan fingerprint density at radius 3 is 2.63 bits per heavy atom. The van der Waals surface area contributed by atoms with Gasteiger partial charge >= 0.3 is 0 Å². The van der Waals surface area contributed by atoms with Crippen LogP contribution in [0.15, 0.2) is 18.5 Å². The molecule has 3 atom stereocenters. The Kier molecular flexibility index (Phi) is 4.92. The summed E-state index contributed by atoms with van der Waals surface area (Å²) in [5, 5.41) is 3.69. The van der Waals surface area contributed by atoms with Crippen molar-refractivity contribution in [3.63, 3.8) is 0 Å². The maximum absolute atomic E-state index is 13.2. The molecule has 0 amide bonds. The lowest BCUT2D eigenvalue weighted by atomic mass is 9.77. The zero-order valence-electron chi connectivity index (χ0n) is 12.2. The molecule has 1 saturated carbocycles. The van der Waals surface area contributed by atoms with Gasteiger partial charge in [0.15, 0.2) is 0 Å². The predicted octanol–water partition coefficient (Wildman–Crippen LogP) is 4.09. The van der Waals surface area contributed by atoms with Crippen molar-refractivity contribution >= 4 is 0 Å². The molecular formula is C16H25FN2. The van der Waals surface area contributed by atoms with E-state index in [2.05, 4.69) is 31.1 Å². The normalized spacial score (nSPS) is 25.5. The summed E-state index contributed by atoms with van der Waals surface area (Å²) < 4.78 is 13.2. The molecule has 19 heavy (non-hydrogen) atoms. The number of pyridine rings is 1. The molecule has 1 aliphatic rings. The number of nitrogens with one attached hydrogen (secondary N) is 1. The van der Waals surface area contributed by atoms with Gasteiger partial charge < -0.3 is 5.32 Å². The number of aromatic nitrogens is 1. The lowest BCUT2D eigenvalue weighted by molar-refractivity contribution is 0.194. The number of rotatable bonds is 4. The van der Waals surface area contributed by atoms with Gasteiger partial charge in [0.1, 0.15) is 5.82 Å². The van der Waals surface area contributed by atoms with Crippen molar-refractivity contribution in [2.24, 2.45) is 11.8 Å². The fourth-order valence-corrected chi connectivity index (χ4v) is 3.25. The summed E-state index contributed by atoms with van der Waals surface area (Å²) in [5.41, 5.74) is 0.938. The fourth-order valence-electron chi connectivity index (χ4n) is 3.25. The molecule has 0 aromatic carbocycles. The van der Waals surface area contributed by atoms with Crippen LogP contribution in [-0.2, 0) is 0 Å². The van der Waals surface area contributed by atoms with Crippen LogP contribution in [-0.4, -0.2) is 11.0 Å².